The Bertz CT molecular complexity index is 823. The zero-order chi connectivity index (χ0) is 14.7. The number of aromatic amines is 1. The molecule has 5 nitrogen and oxygen atoms in total. The van der Waals surface area contributed by atoms with Gasteiger partial charge >= 0.3 is 0 Å². The van der Waals surface area contributed by atoms with Crippen molar-refractivity contribution in [3.63, 3.8) is 0 Å². The maximum atomic E-state index is 5.27. The number of nitrogens with zero attached hydrogens (tertiary/aromatic N) is 3. The predicted molar refractivity (Wildman–Crippen MR) is 87.0 cm³/mol. The minimum absolute atomic E-state index is 0.459. The van der Waals surface area contributed by atoms with Gasteiger partial charge in [0.15, 0.2) is 5.82 Å². The first-order valence-electron chi connectivity index (χ1n) is 6.21. The molecule has 0 bridgehead atoms. The Morgan fingerprint density at radius 3 is 3.10 bits per heavy atom. The van der Waals surface area contributed by atoms with E-state index in [4.69, 9.17) is 16.6 Å². The van der Waals surface area contributed by atoms with E-state index < -0.39 is 0 Å². The van der Waals surface area contributed by atoms with Gasteiger partial charge in [-0.05, 0) is 54.4 Å². The van der Waals surface area contributed by atoms with E-state index in [0.29, 0.717) is 10.6 Å². The van der Waals surface area contributed by atoms with Gasteiger partial charge in [0.1, 0.15) is 5.76 Å². The molecule has 21 heavy (non-hydrogen) atoms. The Labute approximate surface area is 130 Å². The zero-order valence-electron chi connectivity index (χ0n) is 11.2. The van der Waals surface area contributed by atoms with E-state index in [9.17, 15) is 0 Å². The second-order valence-corrected chi connectivity index (χ2v) is 5.62. The highest BCUT2D eigenvalue weighted by atomic mass is 32.1. The molecule has 0 atom stereocenters. The van der Waals surface area contributed by atoms with Crippen LogP contribution in [0.25, 0.3) is 16.8 Å². The van der Waals surface area contributed by atoms with E-state index in [0.717, 1.165) is 16.2 Å². The summed E-state index contributed by atoms with van der Waals surface area (Å²) in [5.41, 5.74) is 0.949. The van der Waals surface area contributed by atoms with Crippen LogP contribution in [0, 0.1) is 4.77 Å². The molecule has 0 amide bonds. The number of hydrogen-bond acceptors (Lipinski definition) is 5. The maximum absolute atomic E-state index is 5.27. The normalized spacial score (nSPS) is 12.3. The molecule has 1 N–H and O–H groups in total. The van der Waals surface area contributed by atoms with Gasteiger partial charge in [-0.1, -0.05) is 6.07 Å². The van der Waals surface area contributed by atoms with Crippen LogP contribution in [0.5, 0.6) is 0 Å². The van der Waals surface area contributed by atoms with Gasteiger partial charge in [0, 0.05) is 0 Å². The summed E-state index contributed by atoms with van der Waals surface area (Å²) >= 11 is 6.80. The summed E-state index contributed by atoms with van der Waals surface area (Å²) in [4.78, 5) is 1.01. The van der Waals surface area contributed by atoms with Crippen LogP contribution in [0.2, 0.25) is 0 Å². The smallest absolute Gasteiger partial charge is 0.216 e. The molecule has 3 aromatic heterocycles. The van der Waals surface area contributed by atoms with Crippen molar-refractivity contribution in [2.75, 3.05) is 0 Å². The van der Waals surface area contributed by atoms with Gasteiger partial charge in [-0.25, -0.2) is 5.10 Å². The molecular formula is C14H12N4OS2. The van der Waals surface area contributed by atoms with Crippen molar-refractivity contribution in [1.82, 2.24) is 14.9 Å². The number of aromatic nitrogens is 3. The van der Waals surface area contributed by atoms with Gasteiger partial charge in [0.2, 0.25) is 4.77 Å². The average Bonchev–Trinajstić information content (AvgIpc) is 3.17. The summed E-state index contributed by atoms with van der Waals surface area (Å²) in [6.07, 6.45) is 5.26. The lowest BCUT2D eigenvalue weighted by atomic mass is 10.3. The summed E-state index contributed by atoms with van der Waals surface area (Å²) in [5, 5.41) is 13.4. The highest BCUT2D eigenvalue weighted by Gasteiger charge is 2.08. The second-order valence-electron chi connectivity index (χ2n) is 4.29. The van der Waals surface area contributed by atoms with Gasteiger partial charge in [0.25, 0.3) is 0 Å². The largest absolute Gasteiger partial charge is 0.465 e. The van der Waals surface area contributed by atoms with Crippen molar-refractivity contribution in [2.45, 2.75) is 6.92 Å². The van der Waals surface area contributed by atoms with Crippen molar-refractivity contribution >= 4 is 35.8 Å². The number of thiophene rings is 1. The quantitative estimate of drug-likeness (QED) is 0.579. The SMILES string of the molecule is CC(=C/c1ccco1)/C=N/n1c(-c2cccs2)n[nH]c1=S. The van der Waals surface area contributed by atoms with Crippen LogP contribution < -0.4 is 0 Å². The third-order valence-corrected chi connectivity index (χ3v) is 3.81. The summed E-state index contributed by atoms with van der Waals surface area (Å²) in [6.45, 7) is 1.94. The molecule has 0 aromatic carbocycles. The molecule has 0 unspecified atom stereocenters. The van der Waals surface area contributed by atoms with Crippen LogP contribution in [0.3, 0.4) is 0 Å². The second kappa shape index (κ2) is 6.02. The maximum Gasteiger partial charge on any atom is 0.216 e. The monoisotopic (exact) mass is 316 g/mol. The minimum Gasteiger partial charge on any atom is -0.465 e. The molecule has 0 aliphatic heterocycles. The van der Waals surface area contributed by atoms with Gasteiger partial charge in [-0.15, -0.1) is 11.3 Å². The number of nitrogens with one attached hydrogen (secondary N) is 1. The topological polar surface area (TPSA) is 59.1 Å². The van der Waals surface area contributed by atoms with E-state index in [2.05, 4.69) is 15.3 Å². The molecule has 0 fully saturated rings. The van der Waals surface area contributed by atoms with E-state index in [-0.39, 0.29) is 0 Å². The Balaban J connectivity index is 1.90. The van der Waals surface area contributed by atoms with E-state index in [1.807, 2.05) is 42.6 Å². The third kappa shape index (κ3) is 3.09. The molecule has 106 valence electrons. The lowest BCUT2D eigenvalue weighted by Crippen LogP contribution is -1.93. The van der Waals surface area contributed by atoms with Crippen molar-refractivity contribution in [3.05, 3.63) is 52.0 Å². The van der Waals surface area contributed by atoms with Gasteiger partial charge in [-0.3, -0.25) is 0 Å². The van der Waals surface area contributed by atoms with Gasteiger partial charge in [-0.2, -0.15) is 14.9 Å². The molecule has 0 aliphatic carbocycles. The van der Waals surface area contributed by atoms with Crippen LogP contribution in [0.1, 0.15) is 12.7 Å². The average molecular weight is 316 g/mol. The standard InChI is InChI=1S/C14H12N4OS2/c1-10(8-11-4-2-6-19-11)9-15-18-13(16-17-14(18)20)12-5-3-7-21-12/h2-9H,1H3,(H,17,20)/b10-8-,15-9+. The molecule has 0 radical (unpaired) electrons. The Morgan fingerprint density at radius 2 is 2.38 bits per heavy atom. The van der Waals surface area contributed by atoms with Crippen LogP contribution in [0.15, 0.2) is 51.0 Å². The highest BCUT2D eigenvalue weighted by molar-refractivity contribution is 7.71. The zero-order valence-corrected chi connectivity index (χ0v) is 12.8. The van der Waals surface area contributed by atoms with E-state index >= 15 is 0 Å². The van der Waals surface area contributed by atoms with Crippen LogP contribution in [0.4, 0.5) is 0 Å². The number of furan rings is 1. The lowest BCUT2D eigenvalue weighted by molar-refractivity contribution is 0.557. The molecule has 3 aromatic rings. The van der Waals surface area contributed by atoms with Gasteiger partial charge < -0.3 is 4.42 Å². The fourth-order valence-electron chi connectivity index (χ4n) is 1.75. The molecule has 3 rings (SSSR count). The predicted octanol–water partition coefficient (Wildman–Crippen LogP) is 4.20. The first-order valence-corrected chi connectivity index (χ1v) is 7.50. The summed E-state index contributed by atoms with van der Waals surface area (Å²) in [7, 11) is 0. The lowest BCUT2D eigenvalue weighted by Gasteiger charge is -1.97. The van der Waals surface area contributed by atoms with Crippen molar-refractivity contribution in [2.24, 2.45) is 5.10 Å². The number of allylic oxidation sites excluding steroid dienone is 1. The summed E-state index contributed by atoms with van der Waals surface area (Å²) in [6, 6.07) is 7.68. The first kappa shape index (κ1) is 13.7. The fraction of sp³-hybridized carbons (Fsp3) is 0.0714. The number of H-pyrrole nitrogens is 1. The molecule has 7 heteroatoms. The molecule has 0 aliphatic rings. The van der Waals surface area contributed by atoms with E-state index in [1.165, 1.54) is 0 Å². The van der Waals surface area contributed by atoms with Crippen molar-refractivity contribution in [1.29, 1.82) is 0 Å². The Hall–Kier alpha value is -2.25. The van der Waals surface area contributed by atoms with Crippen LogP contribution in [-0.4, -0.2) is 21.1 Å². The molecule has 3 heterocycles. The van der Waals surface area contributed by atoms with E-state index in [1.54, 1.807) is 28.5 Å². The summed E-state index contributed by atoms with van der Waals surface area (Å²) in [5.74, 6) is 1.49. The summed E-state index contributed by atoms with van der Waals surface area (Å²) < 4.78 is 7.34. The van der Waals surface area contributed by atoms with Crippen LogP contribution in [-0.2, 0) is 0 Å². The molecular weight excluding hydrogens is 304 g/mol. The minimum atomic E-state index is 0.459. The van der Waals surface area contributed by atoms with Crippen LogP contribution >= 0.6 is 23.6 Å². The number of hydrogen-bond donors (Lipinski definition) is 1. The first-order chi connectivity index (χ1) is 10.2. The van der Waals surface area contributed by atoms with Crippen molar-refractivity contribution < 1.29 is 4.42 Å². The third-order valence-electron chi connectivity index (χ3n) is 2.68. The molecule has 0 spiro atoms. The Kier molecular flexibility index (Phi) is 3.94. The Morgan fingerprint density at radius 1 is 1.48 bits per heavy atom. The van der Waals surface area contributed by atoms with Crippen molar-refractivity contribution in [3.8, 4) is 10.7 Å². The molecule has 0 saturated heterocycles. The number of rotatable bonds is 4. The van der Waals surface area contributed by atoms with Gasteiger partial charge in [0.05, 0.1) is 17.4 Å². The fourth-order valence-corrected chi connectivity index (χ4v) is 2.63. The highest BCUT2D eigenvalue weighted by Crippen LogP contribution is 2.22. The molecule has 0 saturated carbocycles.